The Morgan fingerprint density at radius 3 is 2.81 bits per heavy atom. The molecule has 0 bridgehead atoms. The molecule has 1 aliphatic heterocycles. The Kier molecular flexibility index (Phi) is 5.78. The second-order valence-corrected chi connectivity index (χ2v) is 5.04. The van der Waals surface area contributed by atoms with Gasteiger partial charge in [0, 0.05) is 32.7 Å². The number of carbonyl (C=O) groups excluding carboxylic acids is 1. The zero-order chi connectivity index (χ0) is 15.1. The van der Waals surface area contributed by atoms with Crippen LogP contribution in [0.3, 0.4) is 0 Å². The van der Waals surface area contributed by atoms with Crippen LogP contribution >= 0.6 is 0 Å². The fourth-order valence-corrected chi connectivity index (χ4v) is 2.36. The molecule has 2 heterocycles. The average Bonchev–Trinajstić information content (AvgIpc) is 2.94. The van der Waals surface area contributed by atoms with Crippen LogP contribution in [0, 0.1) is 18.3 Å². The highest BCUT2D eigenvalue weighted by Gasteiger charge is 2.20. The van der Waals surface area contributed by atoms with E-state index >= 15 is 0 Å². The first-order valence-electron chi connectivity index (χ1n) is 7.23. The van der Waals surface area contributed by atoms with Gasteiger partial charge in [-0.05, 0) is 13.0 Å². The van der Waals surface area contributed by atoms with Gasteiger partial charge in [-0.3, -0.25) is 9.69 Å². The molecule has 21 heavy (non-hydrogen) atoms. The van der Waals surface area contributed by atoms with Crippen LogP contribution < -0.4 is 0 Å². The van der Waals surface area contributed by atoms with Gasteiger partial charge in [-0.25, -0.2) is 0 Å². The lowest BCUT2D eigenvalue weighted by Crippen LogP contribution is -2.43. The molecule has 1 aromatic rings. The highest BCUT2D eigenvalue weighted by atomic mass is 16.5. The van der Waals surface area contributed by atoms with Crippen molar-refractivity contribution in [2.45, 2.75) is 13.3 Å². The van der Waals surface area contributed by atoms with Crippen LogP contribution in [-0.4, -0.2) is 61.6 Å². The molecule has 1 saturated heterocycles. The Balaban J connectivity index is 1.95. The first kappa shape index (κ1) is 15.5. The molecule has 6 nitrogen and oxygen atoms in total. The standard InChI is InChI=1S/C15H21N3O3/c1-13-14(3-10-21-13)15(19)18(5-2-4-16)7-6-17-8-11-20-12-9-17/h3,10H,2,5-9,11-12H2,1H3. The first-order valence-corrected chi connectivity index (χ1v) is 7.23. The molecule has 0 aliphatic carbocycles. The molecule has 1 aromatic heterocycles. The Hall–Kier alpha value is -1.84. The third-order valence-corrected chi connectivity index (χ3v) is 3.66. The molecule has 0 unspecified atom stereocenters. The summed E-state index contributed by atoms with van der Waals surface area (Å²) in [5, 5.41) is 8.77. The number of hydrogen-bond acceptors (Lipinski definition) is 5. The monoisotopic (exact) mass is 291 g/mol. The Bertz CT molecular complexity index is 501. The fraction of sp³-hybridized carbons (Fsp3) is 0.600. The van der Waals surface area contributed by atoms with Crippen molar-refractivity contribution in [3.63, 3.8) is 0 Å². The van der Waals surface area contributed by atoms with E-state index in [1.54, 1.807) is 17.9 Å². The largest absolute Gasteiger partial charge is 0.469 e. The quantitative estimate of drug-likeness (QED) is 0.789. The number of aryl methyl sites for hydroxylation is 1. The Labute approximate surface area is 124 Å². The summed E-state index contributed by atoms with van der Waals surface area (Å²) in [6.45, 7) is 6.92. The average molecular weight is 291 g/mol. The summed E-state index contributed by atoms with van der Waals surface area (Å²) in [6, 6.07) is 3.79. The molecule has 2 rings (SSSR count). The normalized spacial score (nSPS) is 15.6. The molecule has 1 amide bonds. The van der Waals surface area contributed by atoms with Gasteiger partial charge in [0.2, 0.25) is 0 Å². The van der Waals surface area contributed by atoms with Crippen molar-refractivity contribution in [3.05, 3.63) is 23.7 Å². The highest BCUT2D eigenvalue weighted by molar-refractivity contribution is 5.95. The summed E-state index contributed by atoms with van der Waals surface area (Å²) in [7, 11) is 0. The maximum Gasteiger partial charge on any atom is 0.257 e. The second-order valence-electron chi connectivity index (χ2n) is 5.04. The summed E-state index contributed by atoms with van der Waals surface area (Å²) >= 11 is 0. The van der Waals surface area contributed by atoms with Crippen molar-refractivity contribution in [2.75, 3.05) is 45.9 Å². The number of morpholine rings is 1. The predicted octanol–water partition coefficient (Wildman–Crippen LogP) is 1.28. The van der Waals surface area contributed by atoms with Gasteiger partial charge in [-0.15, -0.1) is 0 Å². The molecule has 0 radical (unpaired) electrons. The molecule has 1 fully saturated rings. The lowest BCUT2D eigenvalue weighted by Gasteiger charge is -2.29. The number of ether oxygens (including phenoxy) is 1. The lowest BCUT2D eigenvalue weighted by atomic mass is 10.2. The molecule has 6 heteroatoms. The van der Waals surface area contributed by atoms with Crippen LogP contribution in [0.5, 0.6) is 0 Å². The van der Waals surface area contributed by atoms with Crippen LogP contribution in [0.15, 0.2) is 16.7 Å². The second kappa shape index (κ2) is 7.81. The van der Waals surface area contributed by atoms with Gasteiger partial charge in [-0.1, -0.05) is 0 Å². The van der Waals surface area contributed by atoms with E-state index in [1.165, 1.54) is 6.26 Å². The molecule has 0 spiro atoms. The molecule has 1 aliphatic rings. The number of nitriles is 1. The number of rotatable bonds is 6. The van der Waals surface area contributed by atoms with E-state index in [0.717, 1.165) is 32.8 Å². The Morgan fingerprint density at radius 1 is 1.43 bits per heavy atom. The van der Waals surface area contributed by atoms with E-state index in [1.807, 2.05) is 0 Å². The zero-order valence-electron chi connectivity index (χ0n) is 12.4. The third kappa shape index (κ3) is 4.31. The summed E-state index contributed by atoms with van der Waals surface area (Å²) in [4.78, 5) is 16.5. The van der Waals surface area contributed by atoms with Gasteiger partial charge in [0.15, 0.2) is 0 Å². The van der Waals surface area contributed by atoms with Crippen molar-refractivity contribution < 1.29 is 13.9 Å². The number of amides is 1. The minimum Gasteiger partial charge on any atom is -0.469 e. The van der Waals surface area contributed by atoms with E-state index in [0.29, 0.717) is 30.8 Å². The topological polar surface area (TPSA) is 69.7 Å². The Morgan fingerprint density at radius 2 is 2.19 bits per heavy atom. The van der Waals surface area contributed by atoms with Crippen LogP contribution in [0.2, 0.25) is 0 Å². The van der Waals surface area contributed by atoms with Gasteiger partial charge in [0.25, 0.3) is 5.91 Å². The van der Waals surface area contributed by atoms with E-state index in [-0.39, 0.29) is 5.91 Å². The third-order valence-electron chi connectivity index (χ3n) is 3.66. The van der Waals surface area contributed by atoms with Gasteiger partial charge in [0.05, 0.1) is 37.5 Å². The van der Waals surface area contributed by atoms with E-state index in [4.69, 9.17) is 14.4 Å². The zero-order valence-corrected chi connectivity index (χ0v) is 12.4. The molecule has 0 saturated carbocycles. The van der Waals surface area contributed by atoms with Gasteiger partial charge in [-0.2, -0.15) is 5.26 Å². The number of nitrogens with zero attached hydrogens (tertiary/aromatic N) is 3. The van der Waals surface area contributed by atoms with Gasteiger partial charge < -0.3 is 14.1 Å². The number of hydrogen-bond donors (Lipinski definition) is 0. The molecular weight excluding hydrogens is 270 g/mol. The van der Waals surface area contributed by atoms with Gasteiger partial charge in [0.1, 0.15) is 5.76 Å². The summed E-state index contributed by atoms with van der Waals surface area (Å²) in [6.07, 6.45) is 1.86. The van der Waals surface area contributed by atoms with Crippen molar-refractivity contribution in [1.82, 2.24) is 9.80 Å². The van der Waals surface area contributed by atoms with Crippen LogP contribution in [-0.2, 0) is 4.74 Å². The predicted molar refractivity (Wildman–Crippen MR) is 76.8 cm³/mol. The minimum absolute atomic E-state index is 0.0650. The van der Waals surface area contributed by atoms with Crippen molar-refractivity contribution in [3.8, 4) is 6.07 Å². The van der Waals surface area contributed by atoms with E-state index in [9.17, 15) is 4.79 Å². The van der Waals surface area contributed by atoms with Crippen molar-refractivity contribution in [2.24, 2.45) is 0 Å². The van der Waals surface area contributed by atoms with E-state index in [2.05, 4.69) is 11.0 Å². The summed E-state index contributed by atoms with van der Waals surface area (Å²) < 4.78 is 10.5. The van der Waals surface area contributed by atoms with Crippen LogP contribution in [0.1, 0.15) is 22.5 Å². The minimum atomic E-state index is -0.0650. The smallest absolute Gasteiger partial charge is 0.257 e. The molecule has 0 atom stereocenters. The molecular formula is C15H21N3O3. The summed E-state index contributed by atoms with van der Waals surface area (Å²) in [5.74, 6) is 0.554. The van der Waals surface area contributed by atoms with Crippen LogP contribution in [0.25, 0.3) is 0 Å². The molecule has 114 valence electrons. The SMILES string of the molecule is Cc1occc1C(=O)N(CCC#N)CCN1CCOCC1. The molecule has 0 N–H and O–H groups in total. The van der Waals surface area contributed by atoms with Crippen molar-refractivity contribution >= 4 is 5.91 Å². The van der Waals surface area contributed by atoms with Gasteiger partial charge >= 0.3 is 0 Å². The number of furan rings is 1. The fourth-order valence-electron chi connectivity index (χ4n) is 2.36. The number of carbonyl (C=O) groups is 1. The van der Waals surface area contributed by atoms with Crippen LogP contribution in [0.4, 0.5) is 0 Å². The maximum atomic E-state index is 12.5. The molecule has 0 aromatic carbocycles. The maximum absolute atomic E-state index is 12.5. The van der Waals surface area contributed by atoms with Crippen molar-refractivity contribution in [1.29, 1.82) is 5.26 Å². The highest BCUT2D eigenvalue weighted by Crippen LogP contribution is 2.12. The lowest BCUT2D eigenvalue weighted by molar-refractivity contribution is 0.0326. The van der Waals surface area contributed by atoms with E-state index < -0.39 is 0 Å². The summed E-state index contributed by atoms with van der Waals surface area (Å²) in [5.41, 5.74) is 0.579. The first-order chi connectivity index (χ1) is 10.2.